The lowest BCUT2D eigenvalue weighted by Gasteiger charge is -2.16. The van der Waals surface area contributed by atoms with Crippen molar-refractivity contribution in [1.82, 2.24) is 9.55 Å². The topological polar surface area (TPSA) is 102 Å². The second-order valence-corrected chi connectivity index (χ2v) is 4.32. The molecule has 0 aromatic carbocycles. The van der Waals surface area contributed by atoms with E-state index in [9.17, 15) is 9.59 Å². The van der Waals surface area contributed by atoms with Gasteiger partial charge in [-0.25, -0.2) is 4.79 Å². The number of nitrogens with zero attached hydrogens (tertiary/aromatic N) is 1. The van der Waals surface area contributed by atoms with Crippen LogP contribution in [-0.2, 0) is 11.3 Å². The van der Waals surface area contributed by atoms with E-state index in [1.165, 1.54) is 4.57 Å². The average Bonchev–Trinajstić information content (AvgIpc) is 2.34. The molecule has 0 aliphatic heterocycles. The van der Waals surface area contributed by atoms with Crippen LogP contribution in [0.3, 0.4) is 0 Å². The highest BCUT2D eigenvalue weighted by Gasteiger charge is 2.12. The fraction of sp³-hybridized carbons (Fsp3) is 0.667. The maximum Gasteiger partial charge on any atom is 0.330 e. The van der Waals surface area contributed by atoms with Crippen LogP contribution in [0, 0.1) is 0 Å². The van der Waals surface area contributed by atoms with E-state index in [4.69, 9.17) is 10.5 Å². The van der Waals surface area contributed by atoms with Crippen LogP contribution >= 0.6 is 0 Å². The molecule has 0 saturated heterocycles. The Morgan fingerprint density at radius 3 is 2.68 bits per heavy atom. The summed E-state index contributed by atoms with van der Waals surface area (Å²) in [5, 5.41) is 2.94. The van der Waals surface area contributed by atoms with Gasteiger partial charge in [0.15, 0.2) is 0 Å². The van der Waals surface area contributed by atoms with Crippen LogP contribution in [0.5, 0.6) is 0 Å². The van der Waals surface area contributed by atoms with Gasteiger partial charge in [0.2, 0.25) is 0 Å². The Kier molecular flexibility index (Phi) is 5.62. The number of hydrogen-bond acceptors (Lipinski definition) is 5. The van der Waals surface area contributed by atoms with Gasteiger partial charge in [-0.05, 0) is 20.3 Å². The fourth-order valence-electron chi connectivity index (χ4n) is 1.79. The first-order valence-electron chi connectivity index (χ1n) is 6.49. The van der Waals surface area contributed by atoms with Crippen LogP contribution in [0.15, 0.2) is 9.59 Å². The zero-order chi connectivity index (χ0) is 14.4. The first-order valence-corrected chi connectivity index (χ1v) is 6.49. The van der Waals surface area contributed by atoms with Gasteiger partial charge in [-0.15, -0.1) is 0 Å². The van der Waals surface area contributed by atoms with E-state index in [1.54, 1.807) is 0 Å². The Bertz CT molecular complexity index is 521. The second-order valence-electron chi connectivity index (χ2n) is 4.32. The van der Waals surface area contributed by atoms with Gasteiger partial charge in [0.25, 0.3) is 5.56 Å². The van der Waals surface area contributed by atoms with Gasteiger partial charge >= 0.3 is 5.69 Å². The minimum absolute atomic E-state index is 0.0460. The Hall–Kier alpha value is -1.76. The van der Waals surface area contributed by atoms with E-state index < -0.39 is 11.2 Å². The van der Waals surface area contributed by atoms with Crippen LogP contribution in [0.25, 0.3) is 0 Å². The molecule has 4 N–H and O–H groups in total. The standard InChI is InChI=1S/C12H22N4O3/c1-4-6-16-10(13)9(11(17)15-12(16)18)14-7-8(3)19-5-2/h8,14H,4-7,13H2,1-3H3,(H,15,17,18). The van der Waals surface area contributed by atoms with Crippen LogP contribution in [0.4, 0.5) is 11.5 Å². The van der Waals surface area contributed by atoms with Gasteiger partial charge in [-0.3, -0.25) is 14.3 Å². The Balaban J connectivity index is 2.97. The molecule has 0 fully saturated rings. The minimum atomic E-state index is -0.501. The Morgan fingerprint density at radius 1 is 1.42 bits per heavy atom. The van der Waals surface area contributed by atoms with Gasteiger partial charge in [-0.2, -0.15) is 0 Å². The molecule has 1 atom stereocenters. The molecular formula is C12H22N4O3. The maximum atomic E-state index is 11.7. The molecule has 0 aliphatic carbocycles. The summed E-state index contributed by atoms with van der Waals surface area (Å²) in [5.74, 6) is 0.166. The SMILES string of the molecule is CCCn1c(N)c(NCC(C)OCC)c(=O)[nH]c1=O. The lowest BCUT2D eigenvalue weighted by molar-refractivity contribution is 0.0855. The summed E-state index contributed by atoms with van der Waals surface area (Å²) in [6.07, 6.45) is 0.709. The van der Waals surface area contributed by atoms with E-state index in [0.29, 0.717) is 19.7 Å². The van der Waals surface area contributed by atoms with Crippen molar-refractivity contribution in [2.24, 2.45) is 0 Å². The zero-order valence-corrected chi connectivity index (χ0v) is 11.7. The smallest absolute Gasteiger partial charge is 0.330 e. The van der Waals surface area contributed by atoms with Crippen LogP contribution < -0.4 is 22.3 Å². The normalized spacial score (nSPS) is 12.4. The van der Waals surface area contributed by atoms with E-state index in [1.807, 2.05) is 20.8 Å². The highest BCUT2D eigenvalue weighted by molar-refractivity contribution is 5.60. The van der Waals surface area contributed by atoms with Gasteiger partial charge < -0.3 is 15.8 Å². The van der Waals surface area contributed by atoms with E-state index >= 15 is 0 Å². The van der Waals surface area contributed by atoms with Crippen LogP contribution in [0.1, 0.15) is 27.2 Å². The molecular weight excluding hydrogens is 248 g/mol. The van der Waals surface area contributed by atoms with Crippen molar-refractivity contribution in [3.8, 4) is 0 Å². The predicted molar refractivity (Wildman–Crippen MR) is 75.6 cm³/mol. The van der Waals surface area contributed by atoms with E-state index in [0.717, 1.165) is 6.42 Å². The van der Waals surface area contributed by atoms with Gasteiger partial charge in [0.1, 0.15) is 11.5 Å². The molecule has 0 radical (unpaired) electrons. The molecule has 0 saturated carbocycles. The number of nitrogens with two attached hydrogens (primary N) is 1. The Morgan fingerprint density at radius 2 is 2.11 bits per heavy atom. The average molecular weight is 270 g/mol. The molecule has 108 valence electrons. The summed E-state index contributed by atoms with van der Waals surface area (Å²) in [6.45, 7) is 7.25. The number of aromatic nitrogens is 2. The predicted octanol–water partition coefficient (Wildman–Crippen LogP) is 0.366. The summed E-state index contributed by atoms with van der Waals surface area (Å²) in [4.78, 5) is 25.6. The molecule has 1 heterocycles. The fourth-order valence-corrected chi connectivity index (χ4v) is 1.79. The third kappa shape index (κ3) is 3.85. The Labute approximate surface area is 111 Å². The van der Waals surface area contributed by atoms with Crippen molar-refractivity contribution in [2.45, 2.75) is 39.8 Å². The number of anilines is 2. The van der Waals surface area contributed by atoms with Crippen LogP contribution in [-0.4, -0.2) is 28.8 Å². The van der Waals surface area contributed by atoms with Crippen molar-refractivity contribution in [3.63, 3.8) is 0 Å². The molecule has 0 amide bonds. The second kappa shape index (κ2) is 6.98. The molecule has 1 unspecified atom stereocenters. The summed E-state index contributed by atoms with van der Waals surface area (Å²) < 4.78 is 6.72. The largest absolute Gasteiger partial charge is 0.383 e. The third-order valence-electron chi connectivity index (χ3n) is 2.70. The number of rotatable bonds is 7. The molecule has 0 aliphatic rings. The molecule has 19 heavy (non-hydrogen) atoms. The summed E-state index contributed by atoms with van der Waals surface area (Å²) in [7, 11) is 0. The van der Waals surface area contributed by atoms with E-state index in [2.05, 4.69) is 10.3 Å². The van der Waals surface area contributed by atoms with Crippen LogP contribution in [0.2, 0.25) is 0 Å². The number of hydrogen-bond donors (Lipinski definition) is 3. The summed E-state index contributed by atoms with van der Waals surface area (Å²) in [5.41, 5.74) is 5.11. The van der Waals surface area contributed by atoms with Crippen molar-refractivity contribution >= 4 is 11.5 Å². The molecule has 7 heteroatoms. The molecule has 7 nitrogen and oxygen atoms in total. The number of nitrogens with one attached hydrogen (secondary N) is 2. The molecule has 1 aromatic rings. The number of aromatic amines is 1. The molecule has 1 aromatic heterocycles. The number of nitrogen functional groups attached to an aromatic ring is 1. The summed E-state index contributed by atoms with van der Waals surface area (Å²) >= 11 is 0. The van der Waals surface area contributed by atoms with Crippen molar-refractivity contribution in [1.29, 1.82) is 0 Å². The van der Waals surface area contributed by atoms with Gasteiger partial charge in [0, 0.05) is 19.7 Å². The highest BCUT2D eigenvalue weighted by atomic mass is 16.5. The lowest BCUT2D eigenvalue weighted by atomic mass is 10.3. The van der Waals surface area contributed by atoms with Gasteiger partial charge in [-0.1, -0.05) is 6.92 Å². The molecule has 0 bridgehead atoms. The lowest BCUT2D eigenvalue weighted by Crippen LogP contribution is -2.35. The first-order chi connectivity index (χ1) is 9.01. The number of ether oxygens (including phenoxy) is 1. The van der Waals surface area contributed by atoms with Crippen molar-refractivity contribution in [3.05, 3.63) is 20.8 Å². The number of H-pyrrole nitrogens is 1. The zero-order valence-electron chi connectivity index (χ0n) is 11.7. The first kappa shape index (κ1) is 15.3. The minimum Gasteiger partial charge on any atom is -0.383 e. The third-order valence-corrected chi connectivity index (χ3v) is 2.70. The monoisotopic (exact) mass is 270 g/mol. The maximum absolute atomic E-state index is 11.7. The van der Waals surface area contributed by atoms with Crippen molar-refractivity contribution < 1.29 is 4.74 Å². The molecule has 1 rings (SSSR count). The van der Waals surface area contributed by atoms with E-state index in [-0.39, 0.29) is 17.6 Å². The summed E-state index contributed by atoms with van der Waals surface area (Å²) in [6, 6.07) is 0. The van der Waals surface area contributed by atoms with Gasteiger partial charge in [0.05, 0.1) is 6.10 Å². The van der Waals surface area contributed by atoms with Crippen molar-refractivity contribution in [2.75, 3.05) is 24.2 Å². The quantitative estimate of drug-likeness (QED) is 0.664. The molecule has 0 spiro atoms. The highest BCUT2D eigenvalue weighted by Crippen LogP contribution is 2.10.